The van der Waals surface area contributed by atoms with Crippen LogP contribution in [0.3, 0.4) is 0 Å². The van der Waals surface area contributed by atoms with Crippen LogP contribution in [0.25, 0.3) is 0 Å². The Hall–Kier alpha value is -0.160. The molecule has 0 saturated carbocycles. The molecule has 2 atom stereocenters. The fourth-order valence-corrected chi connectivity index (χ4v) is 0.592. The van der Waals surface area contributed by atoms with Crippen molar-refractivity contribution in [2.24, 2.45) is 0 Å². The SMILES string of the molecule is CC1OC1C(O)(O)O. The van der Waals surface area contributed by atoms with Gasteiger partial charge in [-0.3, -0.25) is 0 Å². The van der Waals surface area contributed by atoms with Crippen LogP contribution in [0.1, 0.15) is 6.92 Å². The van der Waals surface area contributed by atoms with Gasteiger partial charge >= 0.3 is 5.97 Å². The predicted molar refractivity (Wildman–Crippen MR) is 23.7 cm³/mol. The van der Waals surface area contributed by atoms with Crippen molar-refractivity contribution in [1.82, 2.24) is 0 Å². The maximum atomic E-state index is 8.31. The van der Waals surface area contributed by atoms with E-state index in [2.05, 4.69) is 4.74 Å². The molecule has 0 radical (unpaired) electrons. The lowest BCUT2D eigenvalue weighted by Crippen LogP contribution is -2.35. The van der Waals surface area contributed by atoms with Crippen LogP contribution in [-0.4, -0.2) is 33.5 Å². The zero-order valence-corrected chi connectivity index (χ0v) is 4.40. The molecule has 1 heterocycles. The maximum absolute atomic E-state index is 8.31. The molecule has 1 rings (SSSR count). The second-order valence-corrected chi connectivity index (χ2v) is 1.95. The molecule has 1 fully saturated rings. The van der Waals surface area contributed by atoms with Crippen molar-refractivity contribution >= 4 is 0 Å². The van der Waals surface area contributed by atoms with Gasteiger partial charge in [-0.05, 0) is 6.92 Å². The predicted octanol–water partition coefficient (Wildman–Crippen LogP) is -1.60. The fraction of sp³-hybridized carbons (Fsp3) is 1.00. The van der Waals surface area contributed by atoms with Gasteiger partial charge in [-0.25, -0.2) is 0 Å². The molecule has 1 aliphatic heterocycles. The van der Waals surface area contributed by atoms with Gasteiger partial charge in [0, 0.05) is 0 Å². The van der Waals surface area contributed by atoms with Crippen LogP contribution < -0.4 is 0 Å². The zero-order valence-electron chi connectivity index (χ0n) is 4.40. The van der Waals surface area contributed by atoms with E-state index in [1.54, 1.807) is 6.92 Å². The minimum atomic E-state index is -2.64. The highest BCUT2D eigenvalue weighted by molar-refractivity contribution is 4.85. The highest BCUT2D eigenvalue weighted by Gasteiger charge is 2.50. The molecule has 0 aromatic rings. The molecule has 0 aromatic carbocycles. The average molecular weight is 120 g/mol. The molecule has 0 aliphatic carbocycles. The fourth-order valence-electron chi connectivity index (χ4n) is 0.592. The molecule has 4 heteroatoms. The summed E-state index contributed by atoms with van der Waals surface area (Å²) in [5.74, 6) is -2.64. The molecule has 3 N–H and O–H groups in total. The van der Waals surface area contributed by atoms with Gasteiger partial charge < -0.3 is 20.1 Å². The van der Waals surface area contributed by atoms with Crippen LogP contribution in [0.4, 0.5) is 0 Å². The summed E-state index contributed by atoms with van der Waals surface area (Å²) in [6.07, 6.45) is -1.06. The van der Waals surface area contributed by atoms with E-state index in [4.69, 9.17) is 15.3 Å². The number of hydrogen-bond acceptors (Lipinski definition) is 4. The number of ether oxygens (including phenoxy) is 1. The molecular formula is C4H8O4. The van der Waals surface area contributed by atoms with Gasteiger partial charge in [0.05, 0.1) is 6.10 Å². The Morgan fingerprint density at radius 3 is 1.75 bits per heavy atom. The standard InChI is InChI=1S/C4H8O4/c1-2-3(8-2)4(5,6)7/h2-3,5-7H,1H3. The molecule has 48 valence electrons. The number of rotatable bonds is 1. The third kappa shape index (κ3) is 0.976. The van der Waals surface area contributed by atoms with Crippen LogP contribution in [0.2, 0.25) is 0 Å². The van der Waals surface area contributed by atoms with Gasteiger partial charge in [0.2, 0.25) is 0 Å². The van der Waals surface area contributed by atoms with Gasteiger partial charge in [0.1, 0.15) is 0 Å². The van der Waals surface area contributed by atoms with E-state index in [1.165, 1.54) is 0 Å². The minimum absolute atomic E-state index is 0.241. The van der Waals surface area contributed by atoms with E-state index in [0.29, 0.717) is 0 Å². The highest BCUT2D eigenvalue weighted by Crippen LogP contribution is 2.28. The highest BCUT2D eigenvalue weighted by atomic mass is 16.7. The summed E-state index contributed by atoms with van der Waals surface area (Å²) in [5.41, 5.74) is 0. The minimum Gasteiger partial charge on any atom is -0.361 e. The summed E-state index contributed by atoms with van der Waals surface area (Å²) in [4.78, 5) is 0. The molecule has 1 saturated heterocycles. The first kappa shape index (κ1) is 5.97. The average Bonchev–Trinajstić information content (AvgIpc) is 2.13. The normalized spacial score (nSPS) is 37.5. The first-order valence-corrected chi connectivity index (χ1v) is 2.34. The summed E-state index contributed by atoms with van der Waals surface area (Å²) < 4.78 is 4.53. The van der Waals surface area contributed by atoms with E-state index in [-0.39, 0.29) is 6.10 Å². The number of hydrogen-bond donors (Lipinski definition) is 3. The topological polar surface area (TPSA) is 73.2 Å². The van der Waals surface area contributed by atoms with Crippen molar-refractivity contribution in [2.75, 3.05) is 0 Å². The maximum Gasteiger partial charge on any atom is 0.305 e. The summed E-state index contributed by atoms with van der Waals surface area (Å²) >= 11 is 0. The summed E-state index contributed by atoms with van der Waals surface area (Å²) in [5, 5.41) is 24.9. The second-order valence-electron chi connectivity index (χ2n) is 1.95. The summed E-state index contributed by atoms with van der Waals surface area (Å²) in [6.45, 7) is 1.64. The third-order valence-corrected chi connectivity index (χ3v) is 1.09. The summed E-state index contributed by atoms with van der Waals surface area (Å²) in [7, 11) is 0. The lowest BCUT2D eigenvalue weighted by atomic mass is 10.3. The van der Waals surface area contributed by atoms with Crippen molar-refractivity contribution < 1.29 is 20.1 Å². The molecule has 0 bridgehead atoms. The van der Waals surface area contributed by atoms with Crippen LogP contribution in [-0.2, 0) is 4.74 Å². The van der Waals surface area contributed by atoms with Crippen molar-refractivity contribution in [3.05, 3.63) is 0 Å². The molecular weight excluding hydrogens is 112 g/mol. The first-order valence-electron chi connectivity index (χ1n) is 2.34. The van der Waals surface area contributed by atoms with Crippen molar-refractivity contribution in [2.45, 2.75) is 25.1 Å². The van der Waals surface area contributed by atoms with Gasteiger partial charge in [0.25, 0.3) is 0 Å². The van der Waals surface area contributed by atoms with E-state index in [1.807, 2.05) is 0 Å². The van der Waals surface area contributed by atoms with Crippen molar-refractivity contribution in [1.29, 1.82) is 0 Å². The largest absolute Gasteiger partial charge is 0.361 e. The van der Waals surface area contributed by atoms with E-state index < -0.39 is 12.1 Å². The monoisotopic (exact) mass is 120 g/mol. The zero-order chi connectivity index (χ0) is 6.36. The molecule has 0 spiro atoms. The van der Waals surface area contributed by atoms with E-state index in [9.17, 15) is 0 Å². The van der Waals surface area contributed by atoms with Gasteiger partial charge in [-0.15, -0.1) is 0 Å². The van der Waals surface area contributed by atoms with Gasteiger partial charge in [-0.2, -0.15) is 0 Å². The van der Waals surface area contributed by atoms with Crippen LogP contribution in [0.15, 0.2) is 0 Å². The lowest BCUT2D eigenvalue weighted by Gasteiger charge is -2.08. The van der Waals surface area contributed by atoms with Crippen molar-refractivity contribution in [3.63, 3.8) is 0 Å². The molecule has 1 aliphatic rings. The quantitative estimate of drug-likeness (QED) is 0.288. The Kier molecular flexibility index (Phi) is 1.06. The molecule has 2 unspecified atom stereocenters. The molecule has 0 amide bonds. The lowest BCUT2D eigenvalue weighted by molar-refractivity contribution is -0.320. The Balaban J connectivity index is 2.39. The Bertz CT molecular complexity index is 94.7. The van der Waals surface area contributed by atoms with Crippen LogP contribution in [0.5, 0.6) is 0 Å². The smallest absolute Gasteiger partial charge is 0.305 e. The van der Waals surface area contributed by atoms with Gasteiger partial charge in [0.15, 0.2) is 6.10 Å². The molecule has 8 heavy (non-hydrogen) atoms. The first-order chi connectivity index (χ1) is 3.52. The Labute approximate surface area is 46.3 Å². The Morgan fingerprint density at radius 1 is 1.38 bits per heavy atom. The summed E-state index contributed by atoms with van der Waals surface area (Å²) in [6, 6.07) is 0. The van der Waals surface area contributed by atoms with E-state index in [0.717, 1.165) is 0 Å². The molecule has 4 nitrogen and oxygen atoms in total. The van der Waals surface area contributed by atoms with Crippen LogP contribution in [0, 0.1) is 0 Å². The molecule has 0 aromatic heterocycles. The van der Waals surface area contributed by atoms with Crippen LogP contribution >= 0.6 is 0 Å². The number of aliphatic hydroxyl groups is 3. The number of epoxide rings is 1. The van der Waals surface area contributed by atoms with E-state index >= 15 is 0 Å². The van der Waals surface area contributed by atoms with Gasteiger partial charge in [-0.1, -0.05) is 0 Å². The third-order valence-electron chi connectivity index (χ3n) is 1.09. The second kappa shape index (κ2) is 1.41. The van der Waals surface area contributed by atoms with Crippen molar-refractivity contribution in [3.8, 4) is 0 Å². The Morgan fingerprint density at radius 2 is 1.75 bits per heavy atom.